The normalized spacial score (nSPS) is 15.8. The maximum absolute atomic E-state index is 6.67. The van der Waals surface area contributed by atoms with E-state index in [0.717, 1.165) is 24.0 Å². The zero-order valence-corrected chi connectivity index (χ0v) is 23.0. The van der Waals surface area contributed by atoms with Crippen molar-refractivity contribution in [3.8, 4) is 0 Å². The van der Waals surface area contributed by atoms with Crippen LogP contribution in [-0.2, 0) is 23.7 Å². The van der Waals surface area contributed by atoms with Crippen molar-refractivity contribution >= 4 is 33.8 Å². The Balaban J connectivity index is 2.61. The molecule has 0 spiro atoms. The van der Waals surface area contributed by atoms with E-state index in [-0.39, 0.29) is 0 Å². The van der Waals surface area contributed by atoms with E-state index in [1.54, 1.807) is 0 Å². The zero-order valence-electron chi connectivity index (χ0n) is 19.0. The van der Waals surface area contributed by atoms with Gasteiger partial charge < -0.3 is 21.5 Å². The van der Waals surface area contributed by atoms with E-state index < -0.39 is 33.8 Å². The minimum atomic E-state index is -2.33. The van der Waals surface area contributed by atoms with E-state index in [1.165, 1.54) is 0 Å². The Morgan fingerprint density at radius 2 is 1.41 bits per heavy atom. The monoisotopic (exact) mass is 448 g/mol. The van der Waals surface area contributed by atoms with Crippen LogP contribution in [-0.4, -0.2) is 40.4 Å². The van der Waals surface area contributed by atoms with Crippen LogP contribution >= 0.6 is 0 Å². The molecule has 0 aromatic carbocycles. The second kappa shape index (κ2) is 9.66. The molecule has 1 aromatic heterocycles. The molecule has 0 bridgehead atoms. The molecule has 0 unspecified atom stereocenters. The van der Waals surface area contributed by atoms with Gasteiger partial charge in [0.05, 0.1) is 0 Å². The average Bonchev–Trinajstić information content (AvgIpc) is 2.77. The van der Waals surface area contributed by atoms with Crippen molar-refractivity contribution < 1.29 is 21.5 Å². The summed E-state index contributed by atoms with van der Waals surface area (Å²) >= 11 is 0. The van der Waals surface area contributed by atoms with Gasteiger partial charge >= 0.3 is 17.1 Å². The van der Waals surface area contributed by atoms with E-state index in [2.05, 4.69) is 58.9 Å². The number of rotatable bonds is 12. The van der Waals surface area contributed by atoms with Gasteiger partial charge in [-0.15, -0.1) is 0 Å². The van der Waals surface area contributed by atoms with Gasteiger partial charge in [-0.05, 0) is 90.4 Å². The predicted octanol–water partition coefficient (Wildman–Crippen LogP) is 5.99. The molecule has 158 valence electrons. The number of hydrogen-bond donors (Lipinski definition) is 0. The first-order valence-electron chi connectivity index (χ1n) is 9.83. The van der Waals surface area contributed by atoms with Crippen LogP contribution in [0, 0.1) is 6.92 Å². The summed E-state index contributed by atoms with van der Waals surface area (Å²) in [6.45, 7) is 23.0. The van der Waals surface area contributed by atoms with E-state index in [0.29, 0.717) is 13.2 Å². The Kier molecular flexibility index (Phi) is 8.95. The summed E-state index contributed by atoms with van der Waals surface area (Å²) in [5.74, 6) is 1.79. The first-order chi connectivity index (χ1) is 12.1. The minimum Gasteiger partial charge on any atom is -0.464 e. The maximum Gasteiger partial charge on any atom is 0.315 e. The molecule has 0 aliphatic rings. The molecule has 0 aliphatic carbocycles. The van der Waals surface area contributed by atoms with Crippen molar-refractivity contribution in [2.75, 3.05) is 6.61 Å². The van der Waals surface area contributed by atoms with Gasteiger partial charge in [-0.25, -0.2) is 0 Å². The second-order valence-corrected chi connectivity index (χ2v) is 26.2. The fraction of sp³-hybridized carbons (Fsp3) is 0.778. The lowest BCUT2D eigenvalue weighted by atomic mass is 10.4. The summed E-state index contributed by atoms with van der Waals surface area (Å²) in [5.41, 5.74) is 0. The van der Waals surface area contributed by atoms with Gasteiger partial charge in [0, 0.05) is 6.61 Å². The molecule has 1 atom stereocenters. The quantitative estimate of drug-likeness (QED) is 0.290. The van der Waals surface area contributed by atoms with Crippen molar-refractivity contribution in [1.82, 2.24) is 0 Å². The average molecular weight is 449 g/mol. The van der Waals surface area contributed by atoms with Gasteiger partial charge in [-0.3, -0.25) is 0 Å². The number of ether oxygens (including phenoxy) is 1. The van der Waals surface area contributed by atoms with Crippen molar-refractivity contribution in [3.63, 3.8) is 0 Å². The maximum atomic E-state index is 6.67. The third-order valence-corrected chi connectivity index (χ3v) is 17.0. The van der Waals surface area contributed by atoms with Crippen LogP contribution in [0.2, 0.25) is 65.0 Å². The molecule has 1 heterocycles. The molecule has 1 rings (SSSR count). The van der Waals surface area contributed by atoms with Crippen LogP contribution in [0.15, 0.2) is 16.5 Å². The van der Waals surface area contributed by atoms with Crippen molar-refractivity contribution in [1.29, 1.82) is 0 Å². The molecule has 0 saturated carbocycles. The van der Waals surface area contributed by atoms with Crippen LogP contribution in [0.3, 0.4) is 0 Å². The van der Waals surface area contributed by atoms with Crippen LogP contribution in [0.4, 0.5) is 0 Å². The van der Waals surface area contributed by atoms with Gasteiger partial charge in [0.15, 0.2) is 16.6 Å². The van der Waals surface area contributed by atoms with Crippen LogP contribution < -0.4 is 0 Å². The van der Waals surface area contributed by atoms with Gasteiger partial charge in [-0.2, -0.15) is 0 Å². The summed E-state index contributed by atoms with van der Waals surface area (Å²) in [6, 6.07) is 4.84. The van der Waals surface area contributed by atoms with Crippen molar-refractivity contribution in [2.24, 2.45) is 0 Å². The Morgan fingerprint density at radius 3 is 1.89 bits per heavy atom. The number of aryl methyl sites for hydroxylation is 1. The highest BCUT2D eigenvalue weighted by Gasteiger charge is 2.44. The summed E-state index contributed by atoms with van der Waals surface area (Å²) in [6.07, 6.45) is 0.921. The highest BCUT2D eigenvalue weighted by molar-refractivity contribution is 6.89. The zero-order chi connectivity index (χ0) is 20.9. The molecule has 0 aliphatic heterocycles. The SMILES string of the molecule is Cc1ccc(COCCC[Si@](C)(O[Si](C)(C)C)O[Si](C)(C)O[Si](C)(C)C)o1. The fourth-order valence-electron chi connectivity index (χ4n) is 3.28. The van der Waals surface area contributed by atoms with Crippen LogP contribution in [0.5, 0.6) is 0 Å². The predicted molar refractivity (Wildman–Crippen MR) is 122 cm³/mol. The third kappa shape index (κ3) is 11.5. The Hall–Kier alpha value is -0.0125. The Morgan fingerprint density at radius 1 is 0.815 bits per heavy atom. The molecule has 0 amide bonds. The first-order valence-corrected chi connectivity index (χ1v) is 22.0. The smallest absolute Gasteiger partial charge is 0.315 e. The fourth-order valence-corrected chi connectivity index (χ4v) is 21.2. The van der Waals surface area contributed by atoms with Crippen molar-refractivity contribution in [3.05, 3.63) is 23.7 Å². The standard InChI is InChI=1S/C18H40O5Si4/c1-17-12-13-18(20-17)16-19-14-11-15-27(10,22-25(5,6)7)23-26(8,9)21-24(2,3)4/h12-13H,11,14-16H2,1-10H3/t27-/m1/s1. The summed E-state index contributed by atoms with van der Waals surface area (Å²) in [5, 5.41) is 0. The Bertz CT molecular complexity index is 577. The van der Waals surface area contributed by atoms with Crippen molar-refractivity contribution in [2.45, 2.75) is 84.9 Å². The lowest BCUT2D eigenvalue weighted by Crippen LogP contribution is -2.56. The van der Waals surface area contributed by atoms with Crippen LogP contribution in [0.25, 0.3) is 0 Å². The molecule has 0 fully saturated rings. The molecule has 27 heavy (non-hydrogen) atoms. The van der Waals surface area contributed by atoms with Gasteiger partial charge in [-0.1, -0.05) is 0 Å². The van der Waals surface area contributed by atoms with Gasteiger partial charge in [0.25, 0.3) is 0 Å². The van der Waals surface area contributed by atoms with Gasteiger partial charge in [0.2, 0.25) is 0 Å². The molecular formula is C18H40O5Si4. The minimum absolute atomic E-state index is 0.515. The summed E-state index contributed by atoms with van der Waals surface area (Å²) in [4.78, 5) is 0. The molecular weight excluding hydrogens is 409 g/mol. The lowest BCUT2D eigenvalue weighted by molar-refractivity contribution is 0.105. The van der Waals surface area contributed by atoms with E-state index in [9.17, 15) is 0 Å². The van der Waals surface area contributed by atoms with E-state index in [4.69, 9.17) is 21.5 Å². The largest absolute Gasteiger partial charge is 0.464 e. The lowest BCUT2D eigenvalue weighted by Gasteiger charge is -2.41. The molecule has 9 heteroatoms. The highest BCUT2D eigenvalue weighted by Crippen LogP contribution is 2.27. The molecule has 0 radical (unpaired) electrons. The molecule has 5 nitrogen and oxygen atoms in total. The second-order valence-electron chi connectivity index (χ2n) is 9.73. The topological polar surface area (TPSA) is 50.1 Å². The summed E-state index contributed by atoms with van der Waals surface area (Å²) < 4.78 is 31.0. The number of hydrogen-bond acceptors (Lipinski definition) is 5. The third-order valence-electron chi connectivity index (χ3n) is 3.50. The summed E-state index contributed by atoms with van der Waals surface area (Å²) in [7, 11) is -7.92. The van der Waals surface area contributed by atoms with E-state index in [1.807, 2.05) is 19.1 Å². The highest BCUT2D eigenvalue weighted by atomic mass is 28.5. The first kappa shape index (κ1) is 25.0. The Labute approximate surface area is 170 Å². The van der Waals surface area contributed by atoms with Gasteiger partial charge in [0.1, 0.15) is 18.1 Å². The molecule has 0 N–H and O–H groups in total. The number of furan rings is 1. The van der Waals surface area contributed by atoms with Crippen LogP contribution in [0.1, 0.15) is 17.9 Å². The molecule has 1 aromatic rings. The molecule has 0 saturated heterocycles. The van der Waals surface area contributed by atoms with E-state index >= 15 is 0 Å².